The van der Waals surface area contributed by atoms with Gasteiger partial charge in [0, 0.05) is 6.54 Å². The molecule has 1 aromatic heterocycles. The van der Waals surface area contributed by atoms with Gasteiger partial charge in [0.1, 0.15) is 5.82 Å². The van der Waals surface area contributed by atoms with Gasteiger partial charge in [-0.05, 0) is 6.92 Å². The molecule has 1 aliphatic rings. The van der Waals surface area contributed by atoms with Crippen molar-refractivity contribution in [1.82, 2.24) is 20.1 Å². The van der Waals surface area contributed by atoms with Gasteiger partial charge in [-0.15, -0.1) is 5.10 Å². The Labute approximate surface area is 78.1 Å². The number of nitrogens with one attached hydrogen (secondary N) is 1. The molecule has 4 nitrogen and oxygen atoms in total. The van der Waals surface area contributed by atoms with E-state index in [4.69, 9.17) is 0 Å². The van der Waals surface area contributed by atoms with E-state index in [1.54, 1.807) is 6.92 Å². The van der Waals surface area contributed by atoms with Crippen LogP contribution in [0.15, 0.2) is 0 Å². The number of rotatable bonds is 0. The Kier molecular flexibility index (Phi) is 1.99. The second kappa shape index (κ2) is 2.94. The third kappa shape index (κ3) is 1.47. The zero-order valence-electron chi connectivity index (χ0n) is 7.47. The Morgan fingerprint density at radius 2 is 2.21 bits per heavy atom. The standard InChI is InChI=1S/C7H9F3N4/c1-4-5-12-6(7(8,9)10)13-14(5)3-2-11-4/h4,11H,2-3H2,1H3/t4-/m1/s1. The van der Waals surface area contributed by atoms with E-state index >= 15 is 0 Å². The lowest BCUT2D eigenvalue weighted by molar-refractivity contribution is -0.145. The van der Waals surface area contributed by atoms with Crippen LogP contribution in [0, 0.1) is 0 Å². The summed E-state index contributed by atoms with van der Waals surface area (Å²) in [6.07, 6.45) is -4.45. The predicted molar refractivity (Wildman–Crippen MR) is 41.4 cm³/mol. The van der Waals surface area contributed by atoms with E-state index in [1.807, 2.05) is 0 Å². The molecule has 0 unspecified atom stereocenters. The van der Waals surface area contributed by atoms with Crippen molar-refractivity contribution in [3.05, 3.63) is 11.6 Å². The Bertz CT molecular complexity index is 343. The van der Waals surface area contributed by atoms with Gasteiger partial charge in [0.15, 0.2) is 0 Å². The molecule has 78 valence electrons. The van der Waals surface area contributed by atoms with Gasteiger partial charge >= 0.3 is 6.18 Å². The fourth-order valence-electron chi connectivity index (χ4n) is 1.44. The van der Waals surface area contributed by atoms with Crippen LogP contribution in [-0.4, -0.2) is 21.3 Å². The van der Waals surface area contributed by atoms with Crippen LogP contribution in [0.25, 0.3) is 0 Å². The Balaban J connectivity index is 2.40. The highest BCUT2D eigenvalue weighted by Crippen LogP contribution is 2.27. The molecule has 1 aliphatic heterocycles. The minimum Gasteiger partial charge on any atom is -0.306 e. The summed E-state index contributed by atoms with van der Waals surface area (Å²) in [5.74, 6) is -0.702. The summed E-state index contributed by atoms with van der Waals surface area (Å²) in [5.41, 5.74) is 0. The van der Waals surface area contributed by atoms with Crippen LogP contribution < -0.4 is 5.32 Å². The van der Waals surface area contributed by atoms with Crippen molar-refractivity contribution in [3.63, 3.8) is 0 Å². The van der Waals surface area contributed by atoms with E-state index in [0.29, 0.717) is 18.9 Å². The van der Waals surface area contributed by atoms with Gasteiger partial charge in [-0.3, -0.25) is 0 Å². The SMILES string of the molecule is C[C@H]1NCCn2nc(C(F)(F)F)nc21. The molecule has 1 aromatic rings. The van der Waals surface area contributed by atoms with Crippen LogP contribution in [0.4, 0.5) is 13.2 Å². The molecule has 7 heteroatoms. The van der Waals surface area contributed by atoms with E-state index in [-0.39, 0.29) is 6.04 Å². The number of fused-ring (bicyclic) bond motifs is 1. The molecule has 0 saturated heterocycles. The molecule has 2 heterocycles. The van der Waals surface area contributed by atoms with Crippen molar-refractivity contribution in [2.75, 3.05) is 6.54 Å². The summed E-state index contributed by atoms with van der Waals surface area (Å²) in [6, 6.07) is -0.174. The minimum absolute atomic E-state index is 0.174. The van der Waals surface area contributed by atoms with Crippen molar-refractivity contribution in [1.29, 1.82) is 0 Å². The molecule has 0 amide bonds. The summed E-state index contributed by atoms with van der Waals surface area (Å²) in [7, 11) is 0. The number of nitrogens with zero attached hydrogens (tertiary/aromatic N) is 3. The summed E-state index contributed by atoms with van der Waals surface area (Å²) in [4.78, 5) is 3.47. The maximum absolute atomic E-state index is 12.2. The quantitative estimate of drug-likeness (QED) is 0.687. The molecule has 14 heavy (non-hydrogen) atoms. The van der Waals surface area contributed by atoms with Gasteiger partial charge in [0.2, 0.25) is 0 Å². The summed E-state index contributed by atoms with van der Waals surface area (Å²) >= 11 is 0. The van der Waals surface area contributed by atoms with Gasteiger partial charge in [-0.2, -0.15) is 13.2 Å². The average Bonchev–Trinajstić information content (AvgIpc) is 2.48. The van der Waals surface area contributed by atoms with Crippen LogP contribution in [-0.2, 0) is 12.7 Å². The maximum atomic E-state index is 12.2. The van der Waals surface area contributed by atoms with Crippen LogP contribution in [0.1, 0.15) is 24.6 Å². The first kappa shape index (κ1) is 9.45. The molecular weight excluding hydrogens is 197 g/mol. The number of hydrogen-bond donors (Lipinski definition) is 1. The van der Waals surface area contributed by atoms with Crippen LogP contribution in [0.5, 0.6) is 0 Å². The summed E-state index contributed by atoms with van der Waals surface area (Å²) < 4.78 is 38.0. The van der Waals surface area contributed by atoms with E-state index in [1.165, 1.54) is 4.68 Å². The third-order valence-electron chi connectivity index (χ3n) is 2.12. The number of alkyl halides is 3. The topological polar surface area (TPSA) is 42.7 Å². The first-order valence-corrected chi connectivity index (χ1v) is 4.24. The molecule has 0 fully saturated rings. The van der Waals surface area contributed by atoms with E-state index in [2.05, 4.69) is 15.4 Å². The lowest BCUT2D eigenvalue weighted by Crippen LogP contribution is -2.32. The zero-order valence-corrected chi connectivity index (χ0v) is 7.47. The molecule has 0 aromatic carbocycles. The molecule has 0 aliphatic carbocycles. The lowest BCUT2D eigenvalue weighted by Gasteiger charge is -2.19. The first-order valence-electron chi connectivity index (χ1n) is 4.24. The highest BCUT2D eigenvalue weighted by atomic mass is 19.4. The number of aromatic nitrogens is 3. The third-order valence-corrected chi connectivity index (χ3v) is 2.12. The van der Waals surface area contributed by atoms with Crippen LogP contribution in [0.3, 0.4) is 0 Å². The molecule has 0 spiro atoms. The summed E-state index contributed by atoms with van der Waals surface area (Å²) in [6.45, 7) is 2.82. The van der Waals surface area contributed by atoms with E-state index in [0.717, 1.165) is 0 Å². The molecule has 1 N–H and O–H groups in total. The van der Waals surface area contributed by atoms with E-state index in [9.17, 15) is 13.2 Å². The van der Waals surface area contributed by atoms with Crippen molar-refractivity contribution in [3.8, 4) is 0 Å². The monoisotopic (exact) mass is 206 g/mol. The Morgan fingerprint density at radius 1 is 1.50 bits per heavy atom. The smallest absolute Gasteiger partial charge is 0.306 e. The second-order valence-electron chi connectivity index (χ2n) is 3.19. The number of halogens is 3. The maximum Gasteiger partial charge on any atom is 0.453 e. The Hall–Kier alpha value is -1.11. The zero-order chi connectivity index (χ0) is 10.3. The molecular formula is C7H9F3N4. The molecule has 1 atom stereocenters. The fourth-order valence-corrected chi connectivity index (χ4v) is 1.44. The highest BCUT2D eigenvalue weighted by Gasteiger charge is 2.38. The average molecular weight is 206 g/mol. The van der Waals surface area contributed by atoms with Crippen molar-refractivity contribution in [2.45, 2.75) is 25.7 Å². The van der Waals surface area contributed by atoms with Gasteiger partial charge in [0.25, 0.3) is 5.82 Å². The fraction of sp³-hybridized carbons (Fsp3) is 0.714. The summed E-state index contributed by atoms with van der Waals surface area (Å²) in [5, 5.41) is 6.43. The van der Waals surface area contributed by atoms with Crippen LogP contribution >= 0.6 is 0 Å². The van der Waals surface area contributed by atoms with Crippen molar-refractivity contribution >= 4 is 0 Å². The highest BCUT2D eigenvalue weighted by molar-refractivity contribution is 5.02. The number of hydrogen-bond acceptors (Lipinski definition) is 3. The Morgan fingerprint density at radius 3 is 2.79 bits per heavy atom. The molecule has 2 rings (SSSR count). The molecule has 0 bridgehead atoms. The van der Waals surface area contributed by atoms with Crippen molar-refractivity contribution < 1.29 is 13.2 Å². The molecule has 0 saturated carbocycles. The van der Waals surface area contributed by atoms with Gasteiger partial charge < -0.3 is 5.32 Å². The van der Waals surface area contributed by atoms with Gasteiger partial charge in [0.05, 0.1) is 12.6 Å². The van der Waals surface area contributed by atoms with Gasteiger partial charge in [-0.1, -0.05) is 0 Å². The van der Waals surface area contributed by atoms with Crippen molar-refractivity contribution in [2.24, 2.45) is 0 Å². The van der Waals surface area contributed by atoms with Gasteiger partial charge in [-0.25, -0.2) is 9.67 Å². The minimum atomic E-state index is -4.45. The van der Waals surface area contributed by atoms with E-state index < -0.39 is 12.0 Å². The molecule has 0 radical (unpaired) electrons. The first-order chi connectivity index (χ1) is 6.48. The lowest BCUT2D eigenvalue weighted by atomic mass is 10.3. The normalized spacial score (nSPS) is 22.1. The van der Waals surface area contributed by atoms with Crippen LogP contribution in [0.2, 0.25) is 0 Å². The largest absolute Gasteiger partial charge is 0.453 e. The second-order valence-corrected chi connectivity index (χ2v) is 3.19. The predicted octanol–water partition coefficient (Wildman–Crippen LogP) is 0.961.